The molecule has 1 atom stereocenters. The Morgan fingerprint density at radius 2 is 2.05 bits per heavy atom. The minimum absolute atomic E-state index is 0.124. The van der Waals surface area contributed by atoms with E-state index in [2.05, 4.69) is 18.6 Å². The second-order valence-electron chi connectivity index (χ2n) is 5.17. The highest BCUT2D eigenvalue weighted by molar-refractivity contribution is 5.90. The first-order chi connectivity index (χ1) is 9.06. The number of unbranched alkanes of at least 4 members (excludes halogenated alkanes) is 1. The molecule has 0 spiro atoms. The number of aryl methyl sites for hydroxylation is 1. The van der Waals surface area contributed by atoms with Gasteiger partial charge in [-0.2, -0.15) is 0 Å². The van der Waals surface area contributed by atoms with Gasteiger partial charge in [0, 0.05) is 0 Å². The molecule has 0 bridgehead atoms. The third kappa shape index (κ3) is 5.33. The molecule has 0 unspecified atom stereocenters. The molecule has 0 aliphatic carbocycles. The molecule has 0 heterocycles. The van der Waals surface area contributed by atoms with Crippen molar-refractivity contribution in [3.8, 4) is 5.75 Å². The Kier molecular flexibility index (Phi) is 6.40. The summed E-state index contributed by atoms with van der Waals surface area (Å²) in [6, 6.07) is 4.97. The van der Waals surface area contributed by atoms with Crippen molar-refractivity contribution in [2.45, 2.75) is 46.0 Å². The van der Waals surface area contributed by atoms with Gasteiger partial charge in [0.1, 0.15) is 5.75 Å². The monoisotopic (exact) mass is 264 g/mol. The van der Waals surface area contributed by atoms with Crippen LogP contribution in [0, 0.1) is 5.92 Å². The molecule has 3 nitrogen and oxygen atoms in total. The number of ether oxygens (including phenoxy) is 1. The summed E-state index contributed by atoms with van der Waals surface area (Å²) in [6.45, 7) is 4.45. The van der Waals surface area contributed by atoms with Gasteiger partial charge in [-0.3, -0.25) is 0 Å². The van der Waals surface area contributed by atoms with Gasteiger partial charge in [0.2, 0.25) is 0 Å². The smallest absolute Gasteiger partial charge is 0.337 e. The Bertz CT molecular complexity index is 412. The van der Waals surface area contributed by atoms with E-state index in [1.807, 2.05) is 0 Å². The summed E-state index contributed by atoms with van der Waals surface area (Å²) in [5.74, 6) is 0.388. The van der Waals surface area contributed by atoms with E-state index < -0.39 is 5.97 Å². The molecule has 1 aromatic rings. The van der Waals surface area contributed by atoms with Crippen LogP contribution < -0.4 is 0 Å². The Balaban J connectivity index is 2.63. The zero-order valence-electron chi connectivity index (χ0n) is 12.1. The lowest BCUT2D eigenvalue weighted by atomic mass is 9.95. The fraction of sp³-hybridized carbons (Fsp3) is 0.562. The number of hydrogen-bond donors (Lipinski definition) is 1. The number of phenolic OH excluding ortho intramolecular Hbond substituents is 1. The van der Waals surface area contributed by atoms with Gasteiger partial charge in [0.05, 0.1) is 12.7 Å². The second kappa shape index (κ2) is 7.82. The van der Waals surface area contributed by atoms with E-state index >= 15 is 0 Å². The Labute approximate surface area is 115 Å². The molecule has 0 aliphatic rings. The number of methoxy groups -OCH3 is 1. The highest BCUT2D eigenvalue weighted by Crippen LogP contribution is 2.20. The van der Waals surface area contributed by atoms with Crippen molar-refractivity contribution in [1.82, 2.24) is 0 Å². The Morgan fingerprint density at radius 1 is 1.32 bits per heavy atom. The molecule has 1 aromatic carbocycles. The molecule has 106 valence electrons. The van der Waals surface area contributed by atoms with Crippen LogP contribution in [0.15, 0.2) is 18.2 Å². The molecule has 1 rings (SSSR count). The zero-order valence-corrected chi connectivity index (χ0v) is 12.1. The van der Waals surface area contributed by atoms with Crippen LogP contribution in [0.5, 0.6) is 5.75 Å². The maximum absolute atomic E-state index is 11.5. The summed E-state index contributed by atoms with van der Waals surface area (Å²) in [5.41, 5.74) is 1.41. The Hall–Kier alpha value is -1.51. The fourth-order valence-corrected chi connectivity index (χ4v) is 2.16. The quantitative estimate of drug-likeness (QED) is 0.759. The maximum Gasteiger partial charge on any atom is 0.337 e. The molecular formula is C16H24O3. The minimum Gasteiger partial charge on any atom is -0.508 e. The van der Waals surface area contributed by atoms with Gasteiger partial charge in [0.25, 0.3) is 0 Å². The van der Waals surface area contributed by atoms with Crippen molar-refractivity contribution in [2.24, 2.45) is 5.92 Å². The highest BCUT2D eigenvalue weighted by atomic mass is 16.5. The third-order valence-electron chi connectivity index (χ3n) is 3.37. The van der Waals surface area contributed by atoms with Crippen LogP contribution in [0.25, 0.3) is 0 Å². The van der Waals surface area contributed by atoms with E-state index in [0.29, 0.717) is 11.5 Å². The van der Waals surface area contributed by atoms with Crippen molar-refractivity contribution in [1.29, 1.82) is 0 Å². The second-order valence-corrected chi connectivity index (χ2v) is 5.17. The van der Waals surface area contributed by atoms with E-state index in [1.165, 1.54) is 32.4 Å². The number of carbonyl (C=O) groups is 1. The minimum atomic E-state index is -0.406. The number of carbonyl (C=O) groups excluding carboxylic acids is 1. The summed E-state index contributed by atoms with van der Waals surface area (Å²) in [6.07, 6.45) is 5.67. The predicted octanol–water partition coefficient (Wildman–Crippen LogP) is 3.94. The molecule has 3 heteroatoms. The van der Waals surface area contributed by atoms with Crippen LogP contribution in [0.2, 0.25) is 0 Å². The van der Waals surface area contributed by atoms with E-state index in [9.17, 15) is 9.90 Å². The van der Waals surface area contributed by atoms with Gasteiger partial charge in [0.15, 0.2) is 0 Å². The molecule has 0 saturated carbocycles. The largest absolute Gasteiger partial charge is 0.508 e. The summed E-state index contributed by atoms with van der Waals surface area (Å²) >= 11 is 0. The molecule has 0 aromatic heterocycles. The van der Waals surface area contributed by atoms with Crippen LogP contribution >= 0.6 is 0 Å². The summed E-state index contributed by atoms with van der Waals surface area (Å²) in [5, 5.41) is 9.64. The number of benzene rings is 1. The topological polar surface area (TPSA) is 46.5 Å². The van der Waals surface area contributed by atoms with E-state index in [1.54, 1.807) is 12.1 Å². The number of aromatic hydroxyl groups is 1. The third-order valence-corrected chi connectivity index (χ3v) is 3.37. The lowest BCUT2D eigenvalue weighted by molar-refractivity contribution is 0.0600. The van der Waals surface area contributed by atoms with Crippen LogP contribution in [0.1, 0.15) is 55.5 Å². The zero-order chi connectivity index (χ0) is 14.3. The maximum atomic E-state index is 11.5. The highest BCUT2D eigenvalue weighted by Gasteiger charge is 2.09. The van der Waals surface area contributed by atoms with Gasteiger partial charge in [-0.1, -0.05) is 33.1 Å². The van der Waals surface area contributed by atoms with Gasteiger partial charge in [-0.05, 0) is 42.5 Å². The standard InChI is InChI=1S/C16H24O3/c1-4-5-6-12(2)7-8-13-9-14(16(18)19-3)11-15(17)10-13/h9-12,17H,4-8H2,1-3H3/t12-/m1/s1. The van der Waals surface area contributed by atoms with Crippen molar-refractivity contribution in [2.75, 3.05) is 7.11 Å². The first-order valence-electron chi connectivity index (χ1n) is 6.98. The van der Waals surface area contributed by atoms with Gasteiger partial charge in [-0.25, -0.2) is 4.79 Å². The van der Waals surface area contributed by atoms with Crippen molar-refractivity contribution < 1.29 is 14.6 Å². The van der Waals surface area contributed by atoms with E-state index in [0.717, 1.165) is 18.4 Å². The van der Waals surface area contributed by atoms with Gasteiger partial charge >= 0.3 is 5.97 Å². The number of rotatable bonds is 7. The number of phenols is 1. The Morgan fingerprint density at radius 3 is 2.68 bits per heavy atom. The molecule has 0 saturated heterocycles. The first kappa shape index (κ1) is 15.5. The van der Waals surface area contributed by atoms with Crippen molar-refractivity contribution in [3.05, 3.63) is 29.3 Å². The van der Waals surface area contributed by atoms with E-state index in [4.69, 9.17) is 0 Å². The lowest BCUT2D eigenvalue weighted by Gasteiger charge is -2.11. The normalized spacial score (nSPS) is 12.2. The van der Waals surface area contributed by atoms with Crippen molar-refractivity contribution >= 4 is 5.97 Å². The number of esters is 1. The van der Waals surface area contributed by atoms with Crippen LogP contribution in [-0.2, 0) is 11.2 Å². The fourth-order valence-electron chi connectivity index (χ4n) is 2.16. The molecular weight excluding hydrogens is 240 g/mol. The molecule has 19 heavy (non-hydrogen) atoms. The molecule has 0 aliphatic heterocycles. The van der Waals surface area contributed by atoms with E-state index in [-0.39, 0.29) is 5.75 Å². The average molecular weight is 264 g/mol. The predicted molar refractivity (Wildman–Crippen MR) is 76.5 cm³/mol. The van der Waals surface area contributed by atoms with Crippen LogP contribution in [0.4, 0.5) is 0 Å². The summed E-state index contributed by atoms with van der Waals surface area (Å²) in [7, 11) is 1.35. The first-order valence-corrected chi connectivity index (χ1v) is 6.98. The number of hydrogen-bond acceptors (Lipinski definition) is 3. The van der Waals surface area contributed by atoms with Crippen molar-refractivity contribution in [3.63, 3.8) is 0 Å². The molecule has 0 radical (unpaired) electrons. The van der Waals surface area contributed by atoms with Crippen LogP contribution in [-0.4, -0.2) is 18.2 Å². The van der Waals surface area contributed by atoms with Gasteiger partial charge < -0.3 is 9.84 Å². The summed E-state index contributed by atoms with van der Waals surface area (Å²) in [4.78, 5) is 11.5. The average Bonchev–Trinajstić information content (AvgIpc) is 2.41. The molecule has 0 fully saturated rings. The molecule has 1 N–H and O–H groups in total. The SMILES string of the molecule is CCCC[C@@H](C)CCc1cc(O)cc(C(=O)OC)c1. The van der Waals surface area contributed by atoms with Crippen LogP contribution in [0.3, 0.4) is 0 Å². The summed E-state index contributed by atoms with van der Waals surface area (Å²) < 4.78 is 4.67. The lowest BCUT2D eigenvalue weighted by Crippen LogP contribution is -2.03. The van der Waals surface area contributed by atoms with Gasteiger partial charge in [-0.15, -0.1) is 0 Å². The molecule has 0 amide bonds.